The first-order chi connectivity index (χ1) is 9.59. The zero-order valence-electron chi connectivity index (χ0n) is 13.7. The molecule has 0 bridgehead atoms. The van der Waals surface area contributed by atoms with E-state index < -0.39 is 0 Å². The quantitative estimate of drug-likeness (QED) is 0.721. The summed E-state index contributed by atoms with van der Waals surface area (Å²) >= 11 is 0. The van der Waals surface area contributed by atoms with Crippen LogP contribution in [0.1, 0.15) is 58.4 Å². The monoisotopic (exact) mass is 290 g/mol. The van der Waals surface area contributed by atoms with Gasteiger partial charge in [-0.2, -0.15) is 0 Å². The Bertz CT molecular complexity index is 704. The van der Waals surface area contributed by atoms with Gasteiger partial charge in [0.05, 0.1) is 5.69 Å². The molecule has 2 heterocycles. The van der Waals surface area contributed by atoms with Crippen molar-refractivity contribution in [2.75, 3.05) is 0 Å². The van der Waals surface area contributed by atoms with E-state index in [4.69, 9.17) is 4.52 Å². The Balaban J connectivity index is 2.18. The summed E-state index contributed by atoms with van der Waals surface area (Å²) in [6.45, 7) is 14.0. The molecular weight excluding hydrogens is 267 g/mol. The summed E-state index contributed by atoms with van der Waals surface area (Å²) in [4.78, 5) is 2.26. The molecule has 0 amide bonds. The van der Waals surface area contributed by atoms with E-state index in [1.807, 2.05) is 0 Å². The number of aromatic nitrogens is 1. The summed E-state index contributed by atoms with van der Waals surface area (Å²) in [5.74, 6) is -0.141. The third-order valence-corrected chi connectivity index (χ3v) is 4.28. The van der Waals surface area contributed by atoms with Crippen molar-refractivity contribution < 1.29 is 8.91 Å². The normalized spacial score (nSPS) is 16.7. The van der Waals surface area contributed by atoms with Crippen molar-refractivity contribution in [3.05, 3.63) is 28.7 Å². The van der Waals surface area contributed by atoms with Gasteiger partial charge in [-0.3, -0.25) is 4.90 Å². The van der Waals surface area contributed by atoms with Gasteiger partial charge in [0.15, 0.2) is 5.58 Å². The van der Waals surface area contributed by atoms with Crippen molar-refractivity contribution in [3.8, 4) is 0 Å². The van der Waals surface area contributed by atoms with Crippen LogP contribution in [0.3, 0.4) is 0 Å². The van der Waals surface area contributed by atoms with E-state index in [0.717, 1.165) is 27.8 Å². The Labute approximate surface area is 125 Å². The van der Waals surface area contributed by atoms with E-state index in [-0.39, 0.29) is 16.8 Å². The highest BCUT2D eigenvalue weighted by Gasteiger charge is 2.34. The lowest BCUT2D eigenvalue weighted by Gasteiger charge is -2.31. The molecule has 0 saturated carbocycles. The summed E-state index contributed by atoms with van der Waals surface area (Å²) in [5, 5.41) is 5.03. The Morgan fingerprint density at radius 1 is 1.10 bits per heavy atom. The van der Waals surface area contributed by atoms with Crippen LogP contribution >= 0.6 is 0 Å². The molecular formula is C17H23FN2O. The summed E-state index contributed by atoms with van der Waals surface area (Å²) < 4.78 is 20.1. The number of benzene rings is 1. The molecule has 0 spiro atoms. The van der Waals surface area contributed by atoms with Crippen molar-refractivity contribution in [1.29, 1.82) is 0 Å². The summed E-state index contributed by atoms with van der Waals surface area (Å²) in [6, 6.07) is 1.59. The lowest BCUT2D eigenvalue weighted by molar-refractivity contribution is 0.135. The second-order valence-corrected chi connectivity index (χ2v) is 8.00. The zero-order chi connectivity index (χ0) is 15.6. The molecule has 1 aliphatic heterocycles. The number of halogens is 1. The van der Waals surface area contributed by atoms with E-state index in [0.29, 0.717) is 13.1 Å². The fourth-order valence-electron chi connectivity index (χ4n) is 2.93. The summed E-state index contributed by atoms with van der Waals surface area (Å²) in [7, 11) is 0. The van der Waals surface area contributed by atoms with Crippen LogP contribution in [0.15, 0.2) is 10.6 Å². The van der Waals surface area contributed by atoms with Gasteiger partial charge in [0, 0.05) is 40.6 Å². The van der Waals surface area contributed by atoms with Crippen LogP contribution < -0.4 is 0 Å². The van der Waals surface area contributed by atoms with E-state index in [9.17, 15) is 4.39 Å². The Kier molecular flexibility index (Phi) is 2.97. The van der Waals surface area contributed by atoms with Crippen LogP contribution in [0, 0.1) is 5.82 Å². The number of hydrogen-bond donors (Lipinski definition) is 0. The molecule has 114 valence electrons. The first-order valence-corrected chi connectivity index (χ1v) is 7.44. The third-order valence-electron chi connectivity index (χ3n) is 4.28. The highest BCUT2D eigenvalue weighted by Crippen LogP contribution is 2.39. The van der Waals surface area contributed by atoms with Crippen molar-refractivity contribution in [3.63, 3.8) is 0 Å². The molecule has 1 aliphatic rings. The van der Waals surface area contributed by atoms with Gasteiger partial charge in [-0.25, -0.2) is 4.39 Å². The molecule has 0 radical (unpaired) electrons. The van der Waals surface area contributed by atoms with E-state index in [1.54, 1.807) is 6.07 Å². The lowest BCUT2D eigenvalue weighted by Crippen LogP contribution is -2.36. The maximum atomic E-state index is 14.5. The number of rotatable bonds is 0. The molecule has 3 rings (SSSR count). The maximum Gasteiger partial charge on any atom is 0.172 e. The number of nitrogens with zero attached hydrogens (tertiary/aromatic N) is 2. The third kappa shape index (κ3) is 2.26. The molecule has 1 aromatic carbocycles. The maximum absolute atomic E-state index is 14.5. The molecule has 4 heteroatoms. The minimum Gasteiger partial charge on any atom is -0.356 e. The van der Waals surface area contributed by atoms with Crippen molar-refractivity contribution in [2.45, 2.75) is 65.6 Å². The predicted molar refractivity (Wildman–Crippen MR) is 81.7 cm³/mol. The zero-order valence-corrected chi connectivity index (χ0v) is 13.7. The fourth-order valence-corrected chi connectivity index (χ4v) is 2.93. The highest BCUT2D eigenvalue weighted by molar-refractivity contribution is 5.85. The average molecular weight is 290 g/mol. The highest BCUT2D eigenvalue weighted by atomic mass is 19.1. The number of fused-ring (bicyclic) bond motifs is 3. The van der Waals surface area contributed by atoms with Crippen molar-refractivity contribution in [1.82, 2.24) is 10.1 Å². The molecule has 3 nitrogen and oxygen atoms in total. The van der Waals surface area contributed by atoms with Crippen molar-refractivity contribution in [2.24, 2.45) is 0 Å². The minimum absolute atomic E-state index is 0.00462. The van der Waals surface area contributed by atoms with Crippen LogP contribution in [0.5, 0.6) is 0 Å². The van der Waals surface area contributed by atoms with Crippen LogP contribution in [0.4, 0.5) is 4.39 Å². The lowest BCUT2D eigenvalue weighted by atomic mass is 9.89. The molecule has 0 unspecified atom stereocenters. The standard InChI is InChI=1S/C17H23FN2O/c1-16(2,3)15-10-7-13(18)11-8-20(17(4,5)6)9-12(11)14(10)21-19-15/h7H,8-9H2,1-6H3. The Hall–Kier alpha value is -1.42. The van der Waals surface area contributed by atoms with Gasteiger partial charge in [-0.15, -0.1) is 0 Å². The first-order valence-electron chi connectivity index (χ1n) is 7.44. The molecule has 0 aliphatic carbocycles. The number of hydrogen-bond acceptors (Lipinski definition) is 3. The second-order valence-electron chi connectivity index (χ2n) is 8.00. The minimum atomic E-state index is -0.158. The van der Waals surface area contributed by atoms with Crippen LogP contribution in [-0.4, -0.2) is 15.6 Å². The largest absolute Gasteiger partial charge is 0.356 e. The van der Waals surface area contributed by atoms with Gasteiger partial charge in [0.25, 0.3) is 0 Å². The van der Waals surface area contributed by atoms with Gasteiger partial charge in [0.1, 0.15) is 5.82 Å². The van der Waals surface area contributed by atoms with E-state index in [2.05, 4.69) is 51.6 Å². The van der Waals surface area contributed by atoms with E-state index >= 15 is 0 Å². The molecule has 0 atom stereocenters. The van der Waals surface area contributed by atoms with Crippen LogP contribution in [-0.2, 0) is 18.5 Å². The predicted octanol–water partition coefficient (Wildman–Crippen LogP) is 4.38. The molecule has 0 saturated heterocycles. The molecule has 0 N–H and O–H groups in total. The summed E-state index contributed by atoms with van der Waals surface area (Å²) in [6.07, 6.45) is 0. The van der Waals surface area contributed by atoms with Crippen LogP contribution in [0.25, 0.3) is 11.0 Å². The second kappa shape index (κ2) is 4.29. The average Bonchev–Trinajstić information content (AvgIpc) is 2.88. The van der Waals surface area contributed by atoms with Gasteiger partial charge in [-0.1, -0.05) is 25.9 Å². The smallest absolute Gasteiger partial charge is 0.172 e. The van der Waals surface area contributed by atoms with Gasteiger partial charge < -0.3 is 4.52 Å². The van der Waals surface area contributed by atoms with E-state index in [1.165, 1.54) is 0 Å². The first kappa shape index (κ1) is 14.5. The van der Waals surface area contributed by atoms with Gasteiger partial charge >= 0.3 is 0 Å². The fraction of sp³-hybridized carbons (Fsp3) is 0.588. The Morgan fingerprint density at radius 3 is 2.29 bits per heavy atom. The molecule has 0 fully saturated rings. The van der Waals surface area contributed by atoms with Crippen LogP contribution in [0.2, 0.25) is 0 Å². The van der Waals surface area contributed by atoms with Crippen molar-refractivity contribution >= 4 is 11.0 Å². The van der Waals surface area contributed by atoms with Gasteiger partial charge in [-0.05, 0) is 26.8 Å². The molecule has 2 aromatic rings. The SMILES string of the molecule is CC(C)(C)c1noc2c3c(c(F)cc12)CN(C(C)(C)C)C3. The van der Waals surface area contributed by atoms with Gasteiger partial charge in [0.2, 0.25) is 0 Å². The topological polar surface area (TPSA) is 29.3 Å². The molecule has 1 aromatic heterocycles. The Morgan fingerprint density at radius 2 is 1.71 bits per heavy atom. The summed E-state index contributed by atoms with van der Waals surface area (Å²) in [5.41, 5.74) is 3.15. The molecule has 21 heavy (non-hydrogen) atoms.